The quantitative estimate of drug-likeness (QED) is 0.714. The number of rotatable bonds is 2. The summed E-state index contributed by atoms with van der Waals surface area (Å²) in [7, 11) is 0. The second kappa shape index (κ2) is 6.75. The van der Waals surface area contributed by atoms with Crippen molar-refractivity contribution in [2.24, 2.45) is 0 Å². The zero-order valence-electron chi connectivity index (χ0n) is 14.8. The van der Waals surface area contributed by atoms with Gasteiger partial charge in [0.2, 0.25) is 0 Å². The van der Waals surface area contributed by atoms with Crippen molar-refractivity contribution in [2.45, 2.75) is 32.2 Å². The number of aromatic nitrogens is 2. The number of hydrogen-bond acceptors (Lipinski definition) is 3. The molecule has 1 fully saturated rings. The van der Waals surface area contributed by atoms with Gasteiger partial charge in [-0.2, -0.15) is 0 Å². The molecule has 26 heavy (non-hydrogen) atoms. The van der Waals surface area contributed by atoms with Crippen LogP contribution in [0, 0.1) is 0 Å². The highest BCUT2D eigenvalue weighted by molar-refractivity contribution is 5.94. The number of nitrogens with zero attached hydrogens (tertiary/aromatic N) is 3. The molecule has 0 spiro atoms. The highest BCUT2D eigenvalue weighted by Gasteiger charge is 2.24. The van der Waals surface area contributed by atoms with E-state index in [-0.39, 0.29) is 17.5 Å². The second-order valence-electron chi connectivity index (χ2n) is 6.83. The lowest BCUT2D eigenvalue weighted by Gasteiger charge is -2.33. The highest BCUT2D eigenvalue weighted by atomic mass is 16.2. The van der Waals surface area contributed by atoms with Crippen LogP contribution in [0.25, 0.3) is 16.6 Å². The normalized spacial score (nSPS) is 17.4. The number of amides is 1. The first kappa shape index (κ1) is 16.5. The van der Waals surface area contributed by atoms with E-state index in [1.807, 2.05) is 23.1 Å². The topological polar surface area (TPSA) is 55.2 Å². The van der Waals surface area contributed by atoms with Crippen LogP contribution in [0.15, 0.2) is 59.7 Å². The van der Waals surface area contributed by atoms with Crippen molar-refractivity contribution in [2.75, 3.05) is 6.54 Å². The van der Waals surface area contributed by atoms with Gasteiger partial charge in [-0.15, -0.1) is 0 Å². The summed E-state index contributed by atoms with van der Waals surface area (Å²) in [4.78, 5) is 31.7. The molecule has 1 aliphatic heterocycles. The van der Waals surface area contributed by atoms with Gasteiger partial charge in [0.15, 0.2) is 0 Å². The first-order valence-corrected chi connectivity index (χ1v) is 9.03. The number of likely N-dealkylation sites (tertiary alicyclic amines) is 1. The fourth-order valence-corrected chi connectivity index (χ4v) is 3.58. The maximum atomic E-state index is 12.7. The van der Waals surface area contributed by atoms with E-state index in [2.05, 4.69) is 11.9 Å². The van der Waals surface area contributed by atoms with Gasteiger partial charge in [0.1, 0.15) is 6.33 Å². The van der Waals surface area contributed by atoms with E-state index >= 15 is 0 Å². The number of carbonyl (C=O) groups is 1. The Bertz CT molecular complexity index is 1010. The summed E-state index contributed by atoms with van der Waals surface area (Å²) in [5, 5.41) is 0.581. The second-order valence-corrected chi connectivity index (χ2v) is 6.83. The van der Waals surface area contributed by atoms with Crippen LogP contribution in [0.4, 0.5) is 0 Å². The van der Waals surface area contributed by atoms with Gasteiger partial charge in [0.05, 0.1) is 16.6 Å². The van der Waals surface area contributed by atoms with E-state index in [1.165, 1.54) is 17.3 Å². The summed E-state index contributed by atoms with van der Waals surface area (Å²) >= 11 is 0. The molecule has 5 nitrogen and oxygen atoms in total. The Labute approximate surface area is 151 Å². The number of hydrogen-bond donors (Lipinski definition) is 0. The summed E-state index contributed by atoms with van der Waals surface area (Å²) in [6, 6.07) is 14.8. The van der Waals surface area contributed by atoms with Crippen molar-refractivity contribution in [1.29, 1.82) is 0 Å². The number of para-hydroxylation sites is 1. The minimum Gasteiger partial charge on any atom is -0.336 e. The standard InChI is InChI=1S/C21H21N3O2/c1-15-6-4-5-13-23(15)20(25)16-9-11-17(12-10-16)24-14-22-19-8-3-2-7-18(19)21(24)26/h2-3,7-12,14-15H,4-6,13H2,1H3. The Morgan fingerprint density at radius 1 is 1.08 bits per heavy atom. The van der Waals surface area contributed by atoms with Gasteiger partial charge in [-0.1, -0.05) is 12.1 Å². The average Bonchev–Trinajstić information content (AvgIpc) is 2.69. The van der Waals surface area contributed by atoms with E-state index in [0.29, 0.717) is 22.2 Å². The highest BCUT2D eigenvalue weighted by Crippen LogP contribution is 2.20. The van der Waals surface area contributed by atoms with Crippen molar-refractivity contribution >= 4 is 16.8 Å². The van der Waals surface area contributed by atoms with Crippen molar-refractivity contribution in [3.05, 3.63) is 70.8 Å². The number of carbonyl (C=O) groups excluding carboxylic acids is 1. The maximum Gasteiger partial charge on any atom is 0.265 e. The smallest absolute Gasteiger partial charge is 0.265 e. The van der Waals surface area contributed by atoms with Gasteiger partial charge in [0, 0.05) is 18.2 Å². The molecule has 3 aromatic rings. The Kier molecular flexibility index (Phi) is 4.29. The predicted octanol–water partition coefficient (Wildman–Crippen LogP) is 3.40. The molecule has 0 radical (unpaired) electrons. The van der Waals surface area contributed by atoms with Crippen LogP contribution in [0.2, 0.25) is 0 Å². The largest absolute Gasteiger partial charge is 0.336 e. The summed E-state index contributed by atoms with van der Waals surface area (Å²) < 4.78 is 1.51. The van der Waals surface area contributed by atoms with Crippen LogP contribution in [-0.2, 0) is 0 Å². The Morgan fingerprint density at radius 2 is 1.85 bits per heavy atom. The summed E-state index contributed by atoms with van der Waals surface area (Å²) in [6.45, 7) is 2.92. The molecular weight excluding hydrogens is 326 g/mol. The lowest BCUT2D eigenvalue weighted by atomic mass is 10.0. The molecule has 5 heteroatoms. The third-order valence-electron chi connectivity index (χ3n) is 5.12. The lowest BCUT2D eigenvalue weighted by molar-refractivity contribution is 0.0635. The lowest BCUT2D eigenvalue weighted by Crippen LogP contribution is -2.42. The van der Waals surface area contributed by atoms with Crippen molar-refractivity contribution < 1.29 is 4.79 Å². The van der Waals surface area contributed by atoms with Crippen molar-refractivity contribution in [3.63, 3.8) is 0 Å². The van der Waals surface area contributed by atoms with Crippen LogP contribution in [0.1, 0.15) is 36.5 Å². The van der Waals surface area contributed by atoms with E-state index in [0.717, 1.165) is 19.4 Å². The molecule has 1 unspecified atom stereocenters. The SMILES string of the molecule is CC1CCCCN1C(=O)c1ccc(-n2cnc3ccccc3c2=O)cc1. The van der Waals surface area contributed by atoms with Gasteiger partial charge in [-0.25, -0.2) is 4.98 Å². The Balaban J connectivity index is 1.65. The predicted molar refractivity (Wildman–Crippen MR) is 102 cm³/mol. The molecule has 0 saturated carbocycles. The Morgan fingerprint density at radius 3 is 2.62 bits per heavy atom. The molecular formula is C21H21N3O2. The van der Waals surface area contributed by atoms with Crippen LogP contribution in [0.5, 0.6) is 0 Å². The number of piperidine rings is 1. The van der Waals surface area contributed by atoms with Gasteiger partial charge in [-0.3, -0.25) is 14.2 Å². The molecule has 2 aromatic carbocycles. The van der Waals surface area contributed by atoms with Crippen LogP contribution in [0.3, 0.4) is 0 Å². The first-order chi connectivity index (χ1) is 12.6. The summed E-state index contributed by atoms with van der Waals surface area (Å²) in [6.07, 6.45) is 4.84. The summed E-state index contributed by atoms with van der Waals surface area (Å²) in [5.41, 5.74) is 1.93. The van der Waals surface area contributed by atoms with Gasteiger partial charge in [0.25, 0.3) is 11.5 Å². The zero-order valence-corrected chi connectivity index (χ0v) is 14.8. The molecule has 4 rings (SSSR count). The van der Waals surface area contributed by atoms with E-state index in [1.54, 1.807) is 30.3 Å². The number of fused-ring (bicyclic) bond motifs is 1. The third-order valence-corrected chi connectivity index (χ3v) is 5.12. The molecule has 0 bridgehead atoms. The van der Waals surface area contributed by atoms with Crippen molar-refractivity contribution in [1.82, 2.24) is 14.5 Å². The van der Waals surface area contributed by atoms with Crippen LogP contribution in [-0.4, -0.2) is 32.9 Å². The maximum absolute atomic E-state index is 12.7. The average molecular weight is 347 g/mol. The molecule has 0 aliphatic carbocycles. The first-order valence-electron chi connectivity index (χ1n) is 9.03. The van der Waals surface area contributed by atoms with Gasteiger partial charge in [-0.05, 0) is 62.6 Å². The van der Waals surface area contributed by atoms with Gasteiger partial charge >= 0.3 is 0 Å². The third kappa shape index (κ3) is 2.90. The molecule has 1 atom stereocenters. The molecule has 0 N–H and O–H groups in total. The molecule has 1 aromatic heterocycles. The van der Waals surface area contributed by atoms with Crippen LogP contribution < -0.4 is 5.56 Å². The fourth-order valence-electron chi connectivity index (χ4n) is 3.58. The summed E-state index contributed by atoms with van der Waals surface area (Å²) in [5.74, 6) is 0.0627. The molecule has 1 saturated heterocycles. The number of benzene rings is 2. The van der Waals surface area contributed by atoms with E-state index < -0.39 is 0 Å². The van der Waals surface area contributed by atoms with Crippen LogP contribution >= 0.6 is 0 Å². The monoisotopic (exact) mass is 347 g/mol. The van der Waals surface area contributed by atoms with Crippen molar-refractivity contribution in [3.8, 4) is 5.69 Å². The molecule has 1 aliphatic rings. The minimum absolute atomic E-state index is 0.0627. The molecule has 2 heterocycles. The zero-order chi connectivity index (χ0) is 18.1. The Hall–Kier alpha value is -2.95. The minimum atomic E-state index is -0.112. The van der Waals surface area contributed by atoms with E-state index in [4.69, 9.17) is 0 Å². The fraction of sp³-hybridized carbons (Fsp3) is 0.286. The molecule has 1 amide bonds. The molecule has 132 valence electrons. The van der Waals surface area contributed by atoms with Gasteiger partial charge < -0.3 is 4.90 Å². The van der Waals surface area contributed by atoms with E-state index in [9.17, 15) is 9.59 Å².